The quantitative estimate of drug-likeness (QED) is 0.531. The summed E-state index contributed by atoms with van der Waals surface area (Å²) in [4.78, 5) is 15.0. The molecule has 0 aliphatic heterocycles. The molecule has 0 amide bonds. The van der Waals surface area contributed by atoms with Gasteiger partial charge < -0.3 is 4.74 Å². The molecule has 20 heavy (non-hydrogen) atoms. The average molecular weight is 286 g/mol. The van der Waals surface area contributed by atoms with Crippen LogP contribution in [0.1, 0.15) is 5.56 Å². The lowest BCUT2D eigenvalue weighted by atomic mass is 10.2. The minimum Gasteiger partial charge on any atom is -0.423 e. The first-order chi connectivity index (χ1) is 9.65. The summed E-state index contributed by atoms with van der Waals surface area (Å²) >= 11 is 1.36. The van der Waals surface area contributed by atoms with E-state index in [1.807, 2.05) is 24.3 Å². The number of nitro benzene ring substituents is 1. The van der Waals surface area contributed by atoms with Gasteiger partial charge in [-0.3, -0.25) is 10.1 Å². The van der Waals surface area contributed by atoms with Crippen molar-refractivity contribution in [2.24, 2.45) is 0 Å². The van der Waals surface area contributed by atoms with Crippen molar-refractivity contribution in [1.82, 2.24) is 4.98 Å². The van der Waals surface area contributed by atoms with Crippen LogP contribution in [0.25, 0.3) is 10.2 Å². The molecule has 1 aromatic heterocycles. The zero-order chi connectivity index (χ0) is 14.1. The second-order valence-electron chi connectivity index (χ2n) is 4.23. The fourth-order valence-electron chi connectivity index (χ4n) is 1.94. The maximum absolute atomic E-state index is 11.1. The van der Waals surface area contributed by atoms with Crippen LogP contribution in [0.4, 0.5) is 5.69 Å². The lowest BCUT2D eigenvalue weighted by molar-refractivity contribution is -0.386. The Morgan fingerprint density at radius 1 is 1.20 bits per heavy atom. The van der Waals surface area contributed by atoms with Crippen LogP contribution in [0, 0.1) is 17.0 Å². The molecule has 0 saturated heterocycles. The molecule has 5 nitrogen and oxygen atoms in total. The lowest BCUT2D eigenvalue weighted by Gasteiger charge is -2.04. The third-order valence-corrected chi connectivity index (χ3v) is 3.77. The predicted molar refractivity (Wildman–Crippen MR) is 77.5 cm³/mol. The van der Waals surface area contributed by atoms with E-state index in [1.165, 1.54) is 11.3 Å². The van der Waals surface area contributed by atoms with Gasteiger partial charge in [-0.1, -0.05) is 35.6 Å². The Kier molecular flexibility index (Phi) is 3.08. The summed E-state index contributed by atoms with van der Waals surface area (Å²) in [6.07, 6.45) is 0. The van der Waals surface area contributed by atoms with Gasteiger partial charge in [-0.05, 0) is 25.1 Å². The SMILES string of the molecule is Cc1cccc(Oc2nc3ccccc3s2)c1[N+](=O)[O-]. The number of para-hydroxylation sites is 2. The molecular weight excluding hydrogens is 276 g/mol. The molecule has 0 fully saturated rings. The second-order valence-corrected chi connectivity index (χ2v) is 5.22. The number of nitro groups is 1. The number of fused-ring (bicyclic) bond motifs is 1. The Hall–Kier alpha value is -2.47. The van der Waals surface area contributed by atoms with Crippen molar-refractivity contribution in [3.05, 3.63) is 58.1 Å². The van der Waals surface area contributed by atoms with Gasteiger partial charge in [0.05, 0.1) is 15.1 Å². The van der Waals surface area contributed by atoms with E-state index in [4.69, 9.17) is 4.74 Å². The number of nitrogens with zero attached hydrogens (tertiary/aromatic N) is 2. The number of thiazole rings is 1. The summed E-state index contributed by atoms with van der Waals surface area (Å²) in [7, 11) is 0. The molecule has 0 saturated carbocycles. The lowest BCUT2D eigenvalue weighted by Crippen LogP contribution is -1.95. The van der Waals surface area contributed by atoms with Crippen LogP contribution in [-0.4, -0.2) is 9.91 Å². The number of aromatic nitrogens is 1. The molecule has 0 unspecified atom stereocenters. The zero-order valence-electron chi connectivity index (χ0n) is 10.6. The van der Waals surface area contributed by atoms with Gasteiger partial charge in [0.1, 0.15) is 0 Å². The van der Waals surface area contributed by atoms with E-state index in [2.05, 4.69) is 4.98 Å². The van der Waals surface area contributed by atoms with E-state index in [9.17, 15) is 10.1 Å². The van der Waals surface area contributed by atoms with Gasteiger partial charge in [-0.15, -0.1) is 0 Å². The maximum Gasteiger partial charge on any atom is 0.314 e. The molecule has 0 aliphatic rings. The first-order valence-electron chi connectivity index (χ1n) is 5.92. The van der Waals surface area contributed by atoms with E-state index in [0.29, 0.717) is 10.8 Å². The van der Waals surface area contributed by atoms with Crippen molar-refractivity contribution in [3.8, 4) is 10.9 Å². The third-order valence-electron chi connectivity index (χ3n) is 2.85. The van der Waals surface area contributed by atoms with Gasteiger partial charge in [0.25, 0.3) is 5.19 Å². The summed E-state index contributed by atoms with van der Waals surface area (Å²) < 4.78 is 6.59. The van der Waals surface area contributed by atoms with Crippen molar-refractivity contribution >= 4 is 27.2 Å². The molecule has 2 aromatic carbocycles. The summed E-state index contributed by atoms with van der Waals surface area (Å²) in [5.41, 5.74) is 1.36. The second kappa shape index (κ2) is 4.90. The van der Waals surface area contributed by atoms with Crippen molar-refractivity contribution in [1.29, 1.82) is 0 Å². The highest BCUT2D eigenvalue weighted by molar-refractivity contribution is 7.20. The van der Waals surface area contributed by atoms with Crippen LogP contribution in [0.5, 0.6) is 10.9 Å². The van der Waals surface area contributed by atoms with Gasteiger partial charge in [0.15, 0.2) is 0 Å². The average Bonchev–Trinajstić information content (AvgIpc) is 2.80. The topological polar surface area (TPSA) is 65.3 Å². The van der Waals surface area contributed by atoms with E-state index < -0.39 is 4.92 Å². The Morgan fingerprint density at radius 2 is 2.00 bits per heavy atom. The van der Waals surface area contributed by atoms with Crippen molar-refractivity contribution < 1.29 is 9.66 Å². The molecule has 1 heterocycles. The van der Waals surface area contributed by atoms with Crippen molar-refractivity contribution in [3.63, 3.8) is 0 Å². The predicted octanol–water partition coefficient (Wildman–Crippen LogP) is 4.31. The van der Waals surface area contributed by atoms with Crippen LogP contribution >= 0.6 is 11.3 Å². The molecule has 3 rings (SSSR count). The van der Waals surface area contributed by atoms with Gasteiger partial charge in [0, 0.05) is 5.56 Å². The largest absolute Gasteiger partial charge is 0.423 e. The number of ether oxygens (including phenoxy) is 1. The first kappa shape index (κ1) is 12.6. The standard InChI is InChI=1S/C14H10N2O3S/c1-9-5-4-7-11(13(9)16(17)18)19-14-15-10-6-2-3-8-12(10)20-14/h2-8H,1H3. The Morgan fingerprint density at radius 3 is 2.75 bits per heavy atom. The smallest absolute Gasteiger partial charge is 0.314 e. The van der Waals surface area contributed by atoms with Crippen LogP contribution in [0.15, 0.2) is 42.5 Å². The van der Waals surface area contributed by atoms with Crippen LogP contribution in [-0.2, 0) is 0 Å². The highest BCUT2D eigenvalue weighted by Gasteiger charge is 2.19. The van der Waals surface area contributed by atoms with Gasteiger partial charge in [-0.2, -0.15) is 0 Å². The zero-order valence-corrected chi connectivity index (χ0v) is 11.4. The molecule has 0 bridgehead atoms. The Labute approximate surface area is 118 Å². The molecule has 0 atom stereocenters. The monoisotopic (exact) mass is 286 g/mol. The van der Waals surface area contributed by atoms with Crippen LogP contribution in [0.3, 0.4) is 0 Å². The molecule has 0 radical (unpaired) electrons. The Bertz CT molecular complexity index is 765. The van der Waals surface area contributed by atoms with Crippen LogP contribution in [0.2, 0.25) is 0 Å². The molecule has 0 spiro atoms. The molecule has 0 N–H and O–H groups in total. The van der Waals surface area contributed by atoms with Gasteiger partial charge in [0.2, 0.25) is 5.75 Å². The summed E-state index contributed by atoms with van der Waals surface area (Å²) in [5, 5.41) is 11.5. The van der Waals surface area contributed by atoms with E-state index in [0.717, 1.165) is 10.2 Å². The summed E-state index contributed by atoms with van der Waals surface area (Å²) in [6.45, 7) is 1.68. The van der Waals surface area contributed by atoms with Crippen molar-refractivity contribution in [2.45, 2.75) is 6.92 Å². The highest BCUT2D eigenvalue weighted by atomic mass is 32.1. The van der Waals surface area contributed by atoms with E-state index >= 15 is 0 Å². The number of hydrogen-bond donors (Lipinski definition) is 0. The summed E-state index contributed by atoms with van der Waals surface area (Å²) in [5.74, 6) is 0.217. The fraction of sp³-hybridized carbons (Fsp3) is 0.0714. The molecule has 6 heteroatoms. The number of rotatable bonds is 3. The molecule has 0 aliphatic carbocycles. The van der Waals surface area contributed by atoms with E-state index in [1.54, 1.807) is 25.1 Å². The minimum atomic E-state index is -0.433. The van der Waals surface area contributed by atoms with Gasteiger partial charge >= 0.3 is 5.69 Å². The third kappa shape index (κ3) is 2.21. The van der Waals surface area contributed by atoms with Crippen LogP contribution < -0.4 is 4.74 Å². The first-order valence-corrected chi connectivity index (χ1v) is 6.74. The molecule has 100 valence electrons. The van der Waals surface area contributed by atoms with E-state index in [-0.39, 0.29) is 11.4 Å². The highest BCUT2D eigenvalue weighted by Crippen LogP contribution is 2.36. The fourth-order valence-corrected chi connectivity index (χ4v) is 2.77. The molecular formula is C14H10N2O3S. The maximum atomic E-state index is 11.1. The Balaban J connectivity index is 2.02. The van der Waals surface area contributed by atoms with Crippen molar-refractivity contribution in [2.75, 3.05) is 0 Å². The number of benzene rings is 2. The normalized spacial score (nSPS) is 10.7. The van der Waals surface area contributed by atoms with Gasteiger partial charge in [-0.25, -0.2) is 4.98 Å². The summed E-state index contributed by atoms with van der Waals surface area (Å²) in [6, 6.07) is 12.6. The number of aryl methyl sites for hydroxylation is 1. The number of hydrogen-bond acceptors (Lipinski definition) is 5. The minimum absolute atomic E-state index is 0.0215. The molecule has 3 aromatic rings.